The molecule has 0 aliphatic heterocycles. The quantitative estimate of drug-likeness (QED) is 0.911. The molecule has 0 aromatic heterocycles. The van der Waals surface area contributed by atoms with Gasteiger partial charge in [0.05, 0.1) is 19.8 Å². The fourth-order valence-electron chi connectivity index (χ4n) is 2.14. The number of halogens is 1. The van der Waals surface area contributed by atoms with Crippen molar-refractivity contribution in [2.45, 2.75) is 13.0 Å². The standard InChI is InChI=1S/C16H18ClNO2/c1-3-20-15-7-5-4-6-12(15)16(18)13-10-11(17)8-9-14(13)19-2/h4-10,16H,3,18H2,1-2H3. The Morgan fingerprint density at radius 3 is 2.55 bits per heavy atom. The van der Waals surface area contributed by atoms with E-state index in [1.165, 1.54) is 0 Å². The number of hydrogen-bond acceptors (Lipinski definition) is 3. The second-order valence-corrected chi connectivity index (χ2v) is 4.77. The van der Waals surface area contributed by atoms with E-state index in [0.29, 0.717) is 17.4 Å². The molecule has 0 bridgehead atoms. The first kappa shape index (κ1) is 14.7. The van der Waals surface area contributed by atoms with Crippen LogP contribution < -0.4 is 15.2 Å². The van der Waals surface area contributed by atoms with E-state index in [2.05, 4.69) is 0 Å². The zero-order valence-electron chi connectivity index (χ0n) is 11.6. The van der Waals surface area contributed by atoms with Crippen molar-refractivity contribution in [1.29, 1.82) is 0 Å². The maximum Gasteiger partial charge on any atom is 0.124 e. The van der Waals surface area contributed by atoms with Gasteiger partial charge in [0.1, 0.15) is 11.5 Å². The van der Waals surface area contributed by atoms with E-state index in [-0.39, 0.29) is 6.04 Å². The molecule has 3 nitrogen and oxygen atoms in total. The Labute approximate surface area is 124 Å². The number of ether oxygens (including phenoxy) is 2. The third kappa shape index (κ3) is 3.06. The molecule has 106 valence electrons. The maximum atomic E-state index is 6.37. The maximum absolute atomic E-state index is 6.37. The lowest BCUT2D eigenvalue weighted by molar-refractivity contribution is 0.335. The predicted octanol–water partition coefficient (Wildman–Crippen LogP) is 3.80. The van der Waals surface area contributed by atoms with Crippen LogP contribution in [0.3, 0.4) is 0 Å². The Bertz CT molecular complexity index is 586. The zero-order valence-corrected chi connectivity index (χ0v) is 12.4. The van der Waals surface area contributed by atoms with E-state index in [4.69, 9.17) is 26.8 Å². The van der Waals surface area contributed by atoms with Gasteiger partial charge in [-0.25, -0.2) is 0 Å². The number of methoxy groups -OCH3 is 1. The fraction of sp³-hybridized carbons (Fsp3) is 0.250. The van der Waals surface area contributed by atoms with Crippen LogP contribution in [0.15, 0.2) is 42.5 Å². The first-order valence-electron chi connectivity index (χ1n) is 6.48. The van der Waals surface area contributed by atoms with Crippen LogP contribution in [-0.4, -0.2) is 13.7 Å². The molecule has 0 saturated carbocycles. The van der Waals surface area contributed by atoms with Gasteiger partial charge >= 0.3 is 0 Å². The highest BCUT2D eigenvalue weighted by molar-refractivity contribution is 6.30. The summed E-state index contributed by atoms with van der Waals surface area (Å²) >= 11 is 6.06. The third-order valence-electron chi connectivity index (χ3n) is 3.08. The summed E-state index contributed by atoms with van der Waals surface area (Å²) in [4.78, 5) is 0. The molecule has 0 aliphatic carbocycles. The molecule has 1 atom stereocenters. The van der Waals surface area contributed by atoms with Crippen LogP contribution in [-0.2, 0) is 0 Å². The van der Waals surface area contributed by atoms with Crippen LogP contribution in [0.1, 0.15) is 24.1 Å². The van der Waals surface area contributed by atoms with Gasteiger partial charge in [-0.15, -0.1) is 0 Å². The summed E-state index contributed by atoms with van der Waals surface area (Å²) in [5, 5.41) is 0.630. The van der Waals surface area contributed by atoms with Gasteiger partial charge in [0.15, 0.2) is 0 Å². The van der Waals surface area contributed by atoms with E-state index >= 15 is 0 Å². The Morgan fingerprint density at radius 1 is 1.10 bits per heavy atom. The molecule has 20 heavy (non-hydrogen) atoms. The second kappa shape index (κ2) is 6.64. The first-order valence-corrected chi connectivity index (χ1v) is 6.86. The number of benzene rings is 2. The van der Waals surface area contributed by atoms with Crippen molar-refractivity contribution in [1.82, 2.24) is 0 Å². The van der Waals surface area contributed by atoms with Crippen LogP contribution in [0.4, 0.5) is 0 Å². The van der Waals surface area contributed by atoms with E-state index in [0.717, 1.165) is 16.9 Å². The van der Waals surface area contributed by atoms with Crippen molar-refractivity contribution in [2.75, 3.05) is 13.7 Å². The third-order valence-corrected chi connectivity index (χ3v) is 3.32. The molecule has 0 radical (unpaired) electrons. The summed E-state index contributed by atoms with van der Waals surface area (Å²) in [6.45, 7) is 2.54. The van der Waals surface area contributed by atoms with E-state index in [1.54, 1.807) is 13.2 Å². The van der Waals surface area contributed by atoms with Crippen molar-refractivity contribution in [3.63, 3.8) is 0 Å². The molecule has 0 saturated heterocycles. The molecule has 2 N–H and O–H groups in total. The molecule has 0 spiro atoms. The van der Waals surface area contributed by atoms with Crippen LogP contribution in [0.25, 0.3) is 0 Å². The number of para-hydroxylation sites is 1. The van der Waals surface area contributed by atoms with Gasteiger partial charge in [-0.05, 0) is 31.2 Å². The van der Waals surface area contributed by atoms with Crippen molar-refractivity contribution in [3.8, 4) is 11.5 Å². The number of nitrogens with two attached hydrogens (primary N) is 1. The average Bonchev–Trinajstić information content (AvgIpc) is 2.47. The summed E-state index contributed by atoms with van der Waals surface area (Å²) in [5.41, 5.74) is 8.13. The normalized spacial score (nSPS) is 12.0. The lowest BCUT2D eigenvalue weighted by atomic mass is 9.98. The van der Waals surface area contributed by atoms with Gasteiger partial charge in [0.2, 0.25) is 0 Å². The van der Waals surface area contributed by atoms with Gasteiger partial charge in [0.25, 0.3) is 0 Å². The highest BCUT2D eigenvalue weighted by atomic mass is 35.5. The van der Waals surface area contributed by atoms with Crippen molar-refractivity contribution in [2.24, 2.45) is 5.73 Å². The minimum atomic E-state index is -0.355. The van der Waals surface area contributed by atoms with Crippen molar-refractivity contribution >= 4 is 11.6 Å². The van der Waals surface area contributed by atoms with Gasteiger partial charge in [-0.3, -0.25) is 0 Å². The lowest BCUT2D eigenvalue weighted by Gasteiger charge is -2.19. The molecule has 0 amide bonds. The SMILES string of the molecule is CCOc1ccccc1C(N)c1cc(Cl)ccc1OC. The number of rotatable bonds is 5. The molecular formula is C16H18ClNO2. The monoisotopic (exact) mass is 291 g/mol. The summed E-state index contributed by atoms with van der Waals surface area (Å²) < 4.78 is 11.0. The Morgan fingerprint density at radius 2 is 1.85 bits per heavy atom. The molecule has 2 aromatic carbocycles. The van der Waals surface area contributed by atoms with Gasteiger partial charge in [-0.2, -0.15) is 0 Å². The summed E-state index contributed by atoms with van der Waals surface area (Å²) in [6.07, 6.45) is 0. The minimum Gasteiger partial charge on any atom is -0.496 e. The lowest BCUT2D eigenvalue weighted by Crippen LogP contribution is -2.14. The highest BCUT2D eigenvalue weighted by Gasteiger charge is 2.18. The van der Waals surface area contributed by atoms with Crippen LogP contribution in [0, 0.1) is 0 Å². The number of hydrogen-bond donors (Lipinski definition) is 1. The first-order chi connectivity index (χ1) is 9.67. The Balaban J connectivity index is 2.45. The topological polar surface area (TPSA) is 44.5 Å². The van der Waals surface area contributed by atoms with Gasteiger partial charge in [-0.1, -0.05) is 29.8 Å². The van der Waals surface area contributed by atoms with E-state index in [1.807, 2.05) is 43.3 Å². The average molecular weight is 292 g/mol. The molecule has 4 heteroatoms. The summed E-state index contributed by atoms with van der Waals surface area (Å²) in [7, 11) is 1.62. The summed E-state index contributed by atoms with van der Waals surface area (Å²) in [6, 6.07) is 12.8. The van der Waals surface area contributed by atoms with E-state index < -0.39 is 0 Å². The van der Waals surface area contributed by atoms with Crippen LogP contribution in [0.2, 0.25) is 5.02 Å². The largest absolute Gasteiger partial charge is 0.496 e. The van der Waals surface area contributed by atoms with Crippen LogP contribution >= 0.6 is 11.6 Å². The molecule has 2 rings (SSSR count). The minimum absolute atomic E-state index is 0.355. The fourth-order valence-corrected chi connectivity index (χ4v) is 2.32. The molecular weight excluding hydrogens is 274 g/mol. The van der Waals surface area contributed by atoms with Crippen LogP contribution in [0.5, 0.6) is 11.5 Å². The van der Waals surface area contributed by atoms with Gasteiger partial charge in [0, 0.05) is 16.1 Å². The van der Waals surface area contributed by atoms with Crippen molar-refractivity contribution < 1.29 is 9.47 Å². The molecule has 0 fully saturated rings. The molecule has 2 aromatic rings. The van der Waals surface area contributed by atoms with Crippen molar-refractivity contribution in [3.05, 3.63) is 58.6 Å². The second-order valence-electron chi connectivity index (χ2n) is 4.33. The highest BCUT2D eigenvalue weighted by Crippen LogP contribution is 2.34. The molecule has 0 heterocycles. The van der Waals surface area contributed by atoms with E-state index in [9.17, 15) is 0 Å². The Hall–Kier alpha value is -1.71. The zero-order chi connectivity index (χ0) is 14.5. The molecule has 0 aliphatic rings. The summed E-state index contributed by atoms with van der Waals surface area (Å²) in [5.74, 6) is 1.50. The predicted molar refractivity (Wildman–Crippen MR) is 81.6 cm³/mol. The van der Waals surface area contributed by atoms with Gasteiger partial charge < -0.3 is 15.2 Å². The Kier molecular flexibility index (Phi) is 4.88. The molecule has 1 unspecified atom stereocenters. The smallest absolute Gasteiger partial charge is 0.124 e.